The van der Waals surface area contributed by atoms with Gasteiger partial charge in [-0.1, -0.05) is 25.1 Å². The van der Waals surface area contributed by atoms with Crippen LogP contribution < -0.4 is 4.74 Å². The summed E-state index contributed by atoms with van der Waals surface area (Å²) < 4.78 is 5.91. The van der Waals surface area contributed by atoms with E-state index < -0.39 is 0 Å². The van der Waals surface area contributed by atoms with Crippen LogP contribution in [0.3, 0.4) is 0 Å². The number of fused-ring (bicyclic) bond motifs is 1. The normalized spacial score (nSPS) is 12.8. The molecule has 0 fully saturated rings. The molecule has 3 rings (SSSR count). The number of nitriles is 1. The molecule has 3 heteroatoms. The molecule has 0 saturated carbocycles. The molecule has 1 aliphatic carbocycles. The van der Waals surface area contributed by atoms with Crippen LogP contribution in [-0.2, 0) is 19.3 Å². The number of hydrogen-bond acceptors (Lipinski definition) is 3. The zero-order chi connectivity index (χ0) is 13.9. The van der Waals surface area contributed by atoms with E-state index in [0.717, 1.165) is 42.7 Å². The second kappa shape index (κ2) is 5.34. The Morgan fingerprint density at radius 1 is 1.30 bits per heavy atom. The van der Waals surface area contributed by atoms with Gasteiger partial charge in [-0.2, -0.15) is 5.26 Å². The summed E-state index contributed by atoms with van der Waals surface area (Å²) in [4.78, 5) is 4.55. The Balaban J connectivity index is 2.00. The van der Waals surface area contributed by atoms with Crippen molar-refractivity contribution in [2.45, 2.75) is 32.6 Å². The summed E-state index contributed by atoms with van der Waals surface area (Å²) >= 11 is 0. The van der Waals surface area contributed by atoms with E-state index in [0.29, 0.717) is 11.4 Å². The maximum atomic E-state index is 9.28. The first kappa shape index (κ1) is 12.7. The smallest absolute Gasteiger partial charge is 0.237 e. The highest BCUT2D eigenvalue weighted by Crippen LogP contribution is 2.30. The predicted molar refractivity (Wildman–Crippen MR) is 76.9 cm³/mol. The number of hydrogen-bond donors (Lipinski definition) is 0. The minimum Gasteiger partial charge on any atom is -0.437 e. The SMILES string of the molecule is CCc1ccccc1Oc1nc2c(cc1C#N)CCC2. The molecule has 0 unspecified atom stereocenters. The summed E-state index contributed by atoms with van der Waals surface area (Å²) in [5.74, 6) is 1.23. The quantitative estimate of drug-likeness (QED) is 0.847. The Labute approximate surface area is 118 Å². The Kier molecular flexibility index (Phi) is 3.39. The molecule has 3 nitrogen and oxygen atoms in total. The van der Waals surface area contributed by atoms with Crippen molar-refractivity contribution in [2.24, 2.45) is 0 Å². The van der Waals surface area contributed by atoms with E-state index in [9.17, 15) is 5.26 Å². The number of pyridine rings is 1. The van der Waals surface area contributed by atoms with Crippen LogP contribution in [-0.4, -0.2) is 4.98 Å². The number of para-hydroxylation sites is 1. The molecular formula is C17H16N2O. The molecule has 0 bridgehead atoms. The molecule has 0 atom stereocenters. The van der Waals surface area contributed by atoms with E-state index in [4.69, 9.17) is 4.74 Å². The fourth-order valence-electron chi connectivity index (χ4n) is 2.61. The first-order valence-electron chi connectivity index (χ1n) is 7.00. The molecule has 20 heavy (non-hydrogen) atoms. The summed E-state index contributed by atoms with van der Waals surface area (Å²) in [6.07, 6.45) is 4.00. The summed E-state index contributed by atoms with van der Waals surface area (Å²) in [5.41, 5.74) is 3.92. The highest BCUT2D eigenvalue weighted by atomic mass is 16.5. The monoisotopic (exact) mass is 264 g/mol. The Morgan fingerprint density at radius 2 is 2.15 bits per heavy atom. The highest BCUT2D eigenvalue weighted by molar-refractivity contribution is 5.46. The second-order valence-electron chi connectivity index (χ2n) is 4.98. The molecule has 0 radical (unpaired) electrons. The summed E-state index contributed by atoms with van der Waals surface area (Å²) in [5, 5.41) is 9.28. The lowest BCUT2D eigenvalue weighted by atomic mass is 10.1. The zero-order valence-electron chi connectivity index (χ0n) is 11.5. The molecule has 1 aliphatic rings. The van der Waals surface area contributed by atoms with Crippen LogP contribution >= 0.6 is 0 Å². The third kappa shape index (κ3) is 2.25. The van der Waals surface area contributed by atoms with E-state index in [-0.39, 0.29) is 0 Å². The lowest BCUT2D eigenvalue weighted by molar-refractivity contribution is 0.454. The van der Waals surface area contributed by atoms with Gasteiger partial charge in [0.15, 0.2) is 0 Å². The molecule has 0 saturated heterocycles. The zero-order valence-corrected chi connectivity index (χ0v) is 11.5. The average molecular weight is 264 g/mol. The van der Waals surface area contributed by atoms with Gasteiger partial charge in [-0.15, -0.1) is 0 Å². The van der Waals surface area contributed by atoms with Crippen molar-refractivity contribution in [1.29, 1.82) is 5.26 Å². The van der Waals surface area contributed by atoms with Crippen molar-refractivity contribution in [2.75, 3.05) is 0 Å². The van der Waals surface area contributed by atoms with Crippen LogP contribution in [0.2, 0.25) is 0 Å². The number of ether oxygens (including phenoxy) is 1. The summed E-state index contributed by atoms with van der Waals surface area (Å²) in [6, 6.07) is 12.0. The second-order valence-corrected chi connectivity index (χ2v) is 4.98. The summed E-state index contributed by atoms with van der Waals surface area (Å²) in [6.45, 7) is 2.09. The van der Waals surface area contributed by atoms with Gasteiger partial charge in [0.05, 0.1) is 0 Å². The van der Waals surface area contributed by atoms with Gasteiger partial charge in [0.2, 0.25) is 5.88 Å². The minimum atomic E-state index is 0.439. The van der Waals surface area contributed by atoms with Crippen LogP contribution in [0.4, 0.5) is 0 Å². The van der Waals surface area contributed by atoms with Crippen molar-refractivity contribution in [1.82, 2.24) is 4.98 Å². The topological polar surface area (TPSA) is 45.9 Å². The molecular weight excluding hydrogens is 248 g/mol. The van der Waals surface area contributed by atoms with E-state index in [1.807, 2.05) is 30.3 Å². The van der Waals surface area contributed by atoms with Gasteiger partial charge in [-0.05, 0) is 48.9 Å². The number of rotatable bonds is 3. The fourth-order valence-corrected chi connectivity index (χ4v) is 2.61. The fraction of sp³-hybridized carbons (Fsp3) is 0.294. The van der Waals surface area contributed by atoms with Gasteiger partial charge >= 0.3 is 0 Å². The number of nitrogens with zero attached hydrogens (tertiary/aromatic N) is 2. The number of aromatic nitrogens is 1. The molecule has 0 spiro atoms. The molecule has 2 aromatic rings. The van der Waals surface area contributed by atoms with Gasteiger partial charge in [0.1, 0.15) is 17.4 Å². The van der Waals surface area contributed by atoms with Gasteiger partial charge < -0.3 is 4.74 Å². The molecule has 0 aliphatic heterocycles. The lowest BCUT2D eigenvalue weighted by Crippen LogP contribution is -1.98. The van der Waals surface area contributed by atoms with Gasteiger partial charge in [-0.3, -0.25) is 0 Å². The maximum Gasteiger partial charge on any atom is 0.237 e. The molecule has 0 N–H and O–H groups in total. The standard InChI is InChI=1S/C17H16N2O/c1-2-12-6-3-4-9-16(12)20-17-14(11-18)10-13-7-5-8-15(13)19-17/h3-4,6,9-10H,2,5,7-8H2,1H3. The highest BCUT2D eigenvalue weighted by Gasteiger charge is 2.18. The average Bonchev–Trinajstić information content (AvgIpc) is 2.94. The molecule has 1 heterocycles. The Hall–Kier alpha value is -2.34. The van der Waals surface area contributed by atoms with E-state index in [2.05, 4.69) is 18.0 Å². The Morgan fingerprint density at radius 3 is 2.95 bits per heavy atom. The number of benzene rings is 1. The van der Waals surface area contributed by atoms with Crippen molar-refractivity contribution in [3.8, 4) is 17.7 Å². The van der Waals surface area contributed by atoms with E-state index in [1.54, 1.807) is 0 Å². The van der Waals surface area contributed by atoms with Crippen molar-refractivity contribution < 1.29 is 4.74 Å². The minimum absolute atomic E-state index is 0.439. The first-order chi connectivity index (χ1) is 9.81. The largest absolute Gasteiger partial charge is 0.437 e. The van der Waals surface area contributed by atoms with Gasteiger partial charge in [0, 0.05) is 5.69 Å². The number of aryl methyl sites for hydroxylation is 3. The van der Waals surface area contributed by atoms with Crippen LogP contribution in [0.1, 0.15) is 35.7 Å². The van der Waals surface area contributed by atoms with E-state index >= 15 is 0 Å². The third-order valence-corrected chi connectivity index (χ3v) is 3.70. The van der Waals surface area contributed by atoms with Gasteiger partial charge in [-0.25, -0.2) is 4.98 Å². The molecule has 0 amide bonds. The Bertz CT molecular complexity index is 686. The van der Waals surface area contributed by atoms with Crippen LogP contribution in [0, 0.1) is 11.3 Å². The maximum absolute atomic E-state index is 9.28. The van der Waals surface area contributed by atoms with Crippen molar-refractivity contribution >= 4 is 0 Å². The van der Waals surface area contributed by atoms with Crippen LogP contribution in [0.15, 0.2) is 30.3 Å². The van der Waals surface area contributed by atoms with E-state index in [1.165, 1.54) is 5.56 Å². The van der Waals surface area contributed by atoms with Crippen molar-refractivity contribution in [3.63, 3.8) is 0 Å². The van der Waals surface area contributed by atoms with Crippen molar-refractivity contribution in [3.05, 3.63) is 52.7 Å². The van der Waals surface area contributed by atoms with Crippen LogP contribution in [0.25, 0.3) is 0 Å². The molecule has 100 valence electrons. The van der Waals surface area contributed by atoms with Gasteiger partial charge in [0.25, 0.3) is 0 Å². The molecule has 1 aromatic carbocycles. The van der Waals surface area contributed by atoms with Crippen LogP contribution in [0.5, 0.6) is 11.6 Å². The summed E-state index contributed by atoms with van der Waals surface area (Å²) in [7, 11) is 0. The third-order valence-electron chi connectivity index (χ3n) is 3.70. The first-order valence-corrected chi connectivity index (χ1v) is 7.00. The molecule has 1 aromatic heterocycles. The predicted octanol–water partition coefficient (Wildman–Crippen LogP) is 3.80. The lowest BCUT2D eigenvalue weighted by Gasteiger charge is -2.11.